The third kappa shape index (κ3) is 2.41. The van der Waals surface area contributed by atoms with Crippen molar-refractivity contribution in [2.75, 3.05) is 5.75 Å². The first-order chi connectivity index (χ1) is 8.84. The molecule has 1 atom stereocenters. The van der Waals surface area contributed by atoms with Crippen LogP contribution >= 0.6 is 23.4 Å². The highest BCUT2D eigenvalue weighted by molar-refractivity contribution is 7.99. The highest BCUT2D eigenvalue weighted by atomic mass is 35.5. The van der Waals surface area contributed by atoms with Crippen LogP contribution in [0.1, 0.15) is 17.2 Å². The highest BCUT2D eigenvalue weighted by Gasteiger charge is 2.21. The predicted octanol–water partition coefficient (Wildman–Crippen LogP) is 4.28. The summed E-state index contributed by atoms with van der Waals surface area (Å²) in [5.41, 5.74) is 2.57. The van der Waals surface area contributed by atoms with Gasteiger partial charge in [0, 0.05) is 28.3 Å². The standard InChI is InChI=1S/C15H14ClNS/c16-13-7-3-1-5-11(13)9-17-14-10-18-15-8-4-2-6-12(14)15/h1-8,14,17H,9-10H2. The van der Waals surface area contributed by atoms with Crippen LogP contribution in [0, 0.1) is 0 Å². The summed E-state index contributed by atoms with van der Waals surface area (Å²) in [6, 6.07) is 17.0. The number of thioether (sulfide) groups is 1. The average Bonchev–Trinajstić information content (AvgIpc) is 2.81. The van der Waals surface area contributed by atoms with E-state index in [4.69, 9.17) is 11.6 Å². The largest absolute Gasteiger partial charge is 0.305 e. The van der Waals surface area contributed by atoms with Crippen LogP contribution < -0.4 is 5.32 Å². The molecule has 2 aromatic carbocycles. The van der Waals surface area contributed by atoms with Gasteiger partial charge in [0.15, 0.2) is 0 Å². The van der Waals surface area contributed by atoms with Gasteiger partial charge in [0.2, 0.25) is 0 Å². The maximum absolute atomic E-state index is 6.16. The molecule has 3 heteroatoms. The molecule has 0 aliphatic carbocycles. The summed E-state index contributed by atoms with van der Waals surface area (Å²) in [6.07, 6.45) is 0. The summed E-state index contributed by atoms with van der Waals surface area (Å²) in [4.78, 5) is 1.40. The van der Waals surface area contributed by atoms with Crippen molar-refractivity contribution in [2.45, 2.75) is 17.5 Å². The third-order valence-corrected chi connectivity index (χ3v) is 4.75. The van der Waals surface area contributed by atoms with Gasteiger partial charge >= 0.3 is 0 Å². The zero-order valence-electron chi connectivity index (χ0n) is 9.90. The van der Waals surface area contributed by atoms with Crippen molar-refractivity contribution in [3.8, 4) is 0 Å². The lowest BCUT2D eigenvalue weighted by Crippen LogP contribution is -2.20. The predicted molar refractivity (Wildman–Crippen MR) is 78.2 cm³/mol. The second-order valence-electron chi connectivity index (χ2n) is 4.37. The number of hydrogen-bond donors (Lipinski definition) is 1. The molecule has 0 amide bonds. The molecule has 3 rings (SSSR count). The van der Waals surface area contributed by atoms with Gasteiger partial charge in [0.1, 0.15) is 0 Å². The fourth-order valence-corrected chi connectivity index (χ4v) is 3.60. The lowest BCUT2D eigenvalue weighted by atomic mass is 10.1. The van der Waals surface area contributed by atoms with Gasteiger partial charge in [-0.05, 0) is 23.3 Å². The van der Waals surface area contributed by atoms with E-state index in [2.05, 4.69) is 35.6 Å². The normalized spacial score (nSPS) is 17.7. The van der Waals surface area contributed by atoms with Gasteiger partial charge < -0.3 is 5.32 Å². The number of fused-ring (bicyclic) bond motifs is 1. The third-order valence-electron chi connectivity index (χ3n) is 3.20. The van der Waals surface area contributed by atoms with Crippen molar-refractivity contribution in [3.05, 3.63) is 64.7 Å². The van der Waals surface area contributed by atoms with Crippen molar-refractivity contribution in [1.29, 1.82) is 0 Å². The Kier molecular flexibility index (Phi) is 3.59. The summed E-state index contributed by atoms with van der Waals surface area (Å²) >= 11 is 8.08. The highest BCUT2D eigenvalue weighted by Crippen LogP contribution is 2.37. The molecule has 92 valence electrons. The molecule has 1 aliphatic heterocycles. The lowest BCUT2D eigenvalue weighted by Gasteiger charge is -2.13. The van der Waals surface area contributed by atoms with Crippen LogP contribution in [0.15, 0.2) is 53.4 Å². The number of hydrogen-bond acceptors (Lipinski definition) is 2. The van der Waals surface area contributed by atoms with E-state index < -0.39 is 0 Å². The van der Waals surface area contributed by atoms with E-state index in [9.17, 15) is 0 Å². The monoisotopic (exact) mass is 275 g/mol. The Morgan fingerprint density at radius 1 is 1.11 bits per heavy atom. The maximum Gasteiger partial charge on any atom is 0.0450 e. The van der Waals surface area contributed by atoms with Gasteiger partial charge in [-0.3, -0.25) is 0 Å². The number of halogens is 1. The van der Waals surface area contributed by atoms with Crippen LogP contribution in [-0.2, 0) is 6.54 Å². The van der Waals surface area contributed by atoms with E-state index in [0.29, 0.717) is 6.04 Å². The van der Waals surface area contributed by atoms with Gasteiger partial charge in [-0.1, -0.05) is 48.0 Å². The first-order valence-corrected chi connectivity index (χ1v) is 7.39. The molecule has 0 saturated carbocycles. The SMILES string of the molecule is Clc1ccccc1CNC1CSc2ccccc21. The Labute approximate surface area is 117 Å². The fraction of sp³-hybridized carbons (Fsp3) is 0.200. The van der Waals surface area contributed by atoms with Crippen LogP contribution in [0.5, 0.6) is 0 Å². The van der Waals surface area contributed by atoms with Crippen LogP contribution in [0.2, 0.25) is 5.02 Å². The minimum absolute atomic E-state index is 0.433. The van der Waals surface area contributed by atoms with E-state index in [-0.39, 0.29) is 0 Å². The Morgan fingerprint density at radius 2 is 1.89 bits per heavy atom. The number of benzene rings is 2. The Hall–Kier alpha value is -0.960. The summed E-state index contributed by atoms with van der Waals surface area (Å²) in [5, 5.41) is 4.43. The molecule has 18 heavy (non-hydrogen) atoms. The molecule has 0 aromatic heterocycles. The Bertz CT molecular complexity index is 556. The van der Waals surface area contributed by atoms with Crippen LogP contribution in [0.3, 0.4) is 0 Å². The van der Waals surface area contributed by atoms with E-state index in [1.165, 1.54) is 10.5 Å². The minimum Gasteiger partial charge on any atom is -0.305 e. The van der Waals surface area contributed by atoms with Crippen LogP contribution in [-0.4, -0.2) is 5.75 Å². The summed E-state index contributed by atoms with van der Waals surface area (Å²) < 4.78 is 0. The first-order valence-electron chi connectivity index (χ1n) is 6.03. The zero-order chi connectivity index (χ0) is 12.4. The van der Waals surface area contributed by atoms with E-state index >= 15 is 0 Å². The second kappa shape index (κ2) is 5.35. The van der Waals surface area contributed by atoms with Gasteiger partial charge in [0.05, 0.1) is 0 Å². The molecular weight excluding hydrogens is 262 g/mol. The van der Waals surface area contributed by atoms with Crippen molar-refractivity contribution < 1.29 is 0 Å². The maximum atomic E-state index is 6.16. The lowest BCUT2D eigenvalue weighted by molar-refractivity contribution is 0.584. The van der Waals surface area contributed by atoms with Gasteiger partial charge in [-0.2, -0.15) is 0 Å². The molecule has 1 heterocycles. The quantitative estimate of drug-likeness (QED) is 0.897. The molecule has 0 bridgehead atoms. The average molecular weight is 276 g/mol. The summed E-state index contributed by atoms with van der Waals surface area (Å²) in [6.45, 7) is 0.819. The van der Waals surface area contributed by atoms with Crippen LogP contribution in [0.25, 0.3) is 0 Å². The molecule has 1 aliphatic rings. The zero-order valence-corrected chi connectivity index (χ0v) is 11.5. The molecule has 0 spiro atoms. The topological polar surface area (TPSA) is 12.0 Å². The van der Waals surface area contributed by atoms with Gasteiger partial charge in [0.25, 0.3) is 0 Å². The van der Waals surface area contributed by atoms with Crippen LogP contribution in [0.4, 0.5) is 0 Å². The molecule has 0 saturated heterocycles. The van der Waals surface area contributed by atoms with E-state index in [0.717, 1.165) is 22.9 Å². The smallest absolute Gasteiger partial charge is 0.0450 e. The molecule has 0 fully saturated rings. The van der Waals surface area contributed by atoms with Gasteiger partial charge in [-0.25, -0.2) is 0 Å². The second-order valence-corrected chi connectivity index (χ2v) is 5.84. The van der Waals surface area contributed by atoms with Gasteiger partial charge in [-0.15, -0.1) is 11.8 Å². The first kappa shape index (κ1) is 12.1. The summed E-state index contributed by atoms with van der Waals surface area (Å²) in [5.74, 6) is 1.10. The van der Waals surface area contributed by atoms with E-state index in [1.807, 2.05) is 30.0 Å². The molecular formula is C15H14ClNS. The molecule has 0 radical (unpaired) electrons. The minimum atomic E-state index is 0.433. The van der Waals surface area contributed by atoms with Crippen molar-refractivity contribution in [3.63, 3.8) is 0 Å². The molecule has 1 nitrogen and oxygen atoms in total. The van der Waals surface area contributed by atoms with Crippen molar-refractivity contribution in [2.24, 2.45) is 0 Å². The Balaban J connectivity index is 1.71. The van der Waals surface area contributed by atoms with Crippen molar-refractivity contribution >= 4 is 23.4 Å². The number of rotatable bonds is 3. The molecule has 1 unspecified atom stereocenters. The Morgan fingerprint density at radius 3 is 2.78 bits per heavy atom. The summed E-state index contributed by atoms with van der Waals surface area (Å²) in [7, 11) is 0. The fourth-order valence-electron chi connectivity index (χ4n) is 2.21. The molecule has 1 N–H and O–H groups in total. The van der Waals surface area contributed by atoms with Crippen molar-refractivity contribution in [1.82, 2.24) is 5.32 Å². The van der Waals surface area contributed by atoms with E-state index in [1.54, 1.807) is 0 Å². The molecule has 2 aromatic rings. The number of nitrogens with one attached hydrogen (secondary N) is 1.